The molecule has 2 aromatic carbocycles. The van der Waals surface area contributed by atoms with Crippen LogP contribution in [-0.2, 0) is 9.59 Å². The minimum absolute atomic E-state index is 0.291. The molecule has 1 aliphatic heterocycles. The molecule has 0 atom stereocenters. The summed E-state index contributed by atoms with van der Waals surface area (Å²) in [7, 11) is 1.65. The molecule has 0 saturated carbocycles. The van der Waals surface area contributed by atoms with Gasteiger partial charge in [0, 0.05) is 36.1 Å². The van der Waals surface area contributed by atoms with E-state index in [-0.39, 0.29) is 5.82 Å². The fraction of sp³-hybridized carbons (Fsp3) is 0.346. The van der Waals surface area contributed by atoms with Gasteiger partial charge < -0.3 is 29.1 Å². The first-order chi connectivity index (χ1) is 17.4. The minimum Gasteiger partial charge on any atom is -0.493 e. The van der Waals surface area contributed by atoms with E-state index < -0.39 is 11.9 Å². The van der Waals surface area contributed by atoms with Crippen LogP contribution >= 0.6 is 0 Å². The van der Waals surface area contributed by atoms with Gasteiger partial charge >= 0.3 is 11.9 Å². The van der Waals surface area contributed by atoms with Gasteiger partial charge in [0.05, 0.1) is 19.4 Å². The Morgan fingerprint density at radius 1 is 1.11 bits per heavy atom. The topological polar surface area (TPSA) is 122 Å². The van der Waals surface area contributed by atoms with Crippen LogP contribution in [0.3, 0.4) is 0 Å². The molecular formula is C26H29FN2O7. The summed E-state index contributed by atoms with van der Waals surface area (Å²) in [6.07, 6.45) is 4.15. The number of rotatable bonds is 9. The van der Waals surface area contributed by atoms with Crippen molar-refractivity contribution < 1.29 is 38.2 Å². The van der Waals surface area contributed by atoms with Gasteiger partial charge in [0.1, 0.15) is 5.82 Å². The van der Waals surface area contributed by atoms with Gasteiger partial charge in [-0.15, -0.1) is 0 Å². The summed E-state index contributed by atoms with van der Waals surface area (Å²) in [6, 6.07) is 12.4. The number of benzene rings is 2. The molecule has 0 unspecified atom stereocenters. The van der Waals surface area contributed by atoms with E-state index in [1.807, 2.05) is 24.3 Å². The highest BCUT2D eigenvalue weighted by atomic mass is 19.1. The second-order valence-electron chi connectivity index (χ2n) is 8.19. The standard InChI is InChI=1S/C22H25FN2O3.C4H4O4/c1-26-19-5-2-3-6-20(19)27-14-4-11-25-12-9-16(10-13-25)22-18-8-7-17(23)15-21(18)28-24-22;5-3(6)1-2-4(7)8/h2-3,5-8,15-16H,4,9-14H2,1H3;1-2H,(H,5,6)(H,7,8)/b;2-1+. The number of carboxylic acids is 2. The molecule has 0 bridgehead atoms. The minimum atomic E-state index is -1.26. The number of halogens is 1. The highest BCUT2D eigenvalue weighted by Crippen LogP contribution is 2.33. The number of aromatic nitrogens is 1. The van der Waals surface area contributed by atoms with Crippen molar-refractivity contribution in [3.8, 4) is 11.5 Å². The molecule has 36 heavy (non-hydrogen) atoms. The van der Waals surface area contributed by atoms with E-state index in [1.165, 1.54) is 12.1 Å². The van der Waals surface area contributed by atoms with Crippen LogP contribution in [0.15, 0.2) is 59.1 Å². The highest BCUT2D eigenvalue weighted by molar-refractivity contribution is 5.89. The van der Waals surface area contributed by atoms with E-state index in [9.17, 15) is 14.0 Å². The molecule has 1 saturated heterocycles. The van der Waals surface area contributed by atoms with Crippen molar-refractivity contribution in [2.45, 2.75) is 25.2 Å². The van der Waals surface area contributed by atoms with Crippen LogP contribution in [-0.4, -0.2) is 65.6 Å². The molecule has 10 heteroatoms. The number of hydrogen-bond acceptors (Lipinski definition) is 7. The molecule has 192 valence electrons. The molecule has 4 rings (SSSR count). The number of aliphatic carboxylic acids is 2. The van der Waals surface area contributed by atoms with Gasteiger partial charge in [-0.05, 0) is 56.6 Å². The average molecular weight is 501 g/mol. The Kier molecular flexibility index (Phi) is 9.82. The molecule has 3 aromatic rings. The third-order valence-electron chi connectivity index (χ3n) is 5.75. The van der Waals surface area contributed by atoms with Gasteiger partial charge in [0.2, 0.25) is 0 Å². The van der Waals surface area contributed by atoms with Gasteiger partial charge in [-0.25, -0.2) is 14.0 Å². The maximum absolute atomic E-state index is 13.3. The first-order valence-corrected chi connectivity index (χ1v) is 11.5. The molecule has 0 amide bonds. The fourth-order valence-electron chi connectivity index (χ4n) is 4.01. The molecular weight excluding hydrogens is 471 g/mol. The quantitative estimate of drug-likeness (QED) is 0.326. The lowest BCUT2D eigenvalue weighted by Gasteiger charge is -2.31. The largest absolute Gasteiger partial charge is 0.493 e. The Morgan fingerprint density at radius 3 is 2.42 bits per heavy atom. The van der Waals surface area contributed by atoms with E-state index in [2.05, 4.69) is 10.1 Å². The van der Waals surface area contributed by atoms with Crippen molar-refractivity contribution in [2.24, 2.45) is 0 Å². The summed E-state index contributed by atoms with van der Waals surface area (Å²) >= 11 is 0. The van der Waals surface area contributed by atoms with Crippen LogP contribution in [0, 0.1) is 5.82 Å². The normalized spacial score (nSPS) is 14.4. The Morgan fingerprint density at radius 2 is 1.78 bits per heavy atom. The molecule has 2 N–H and O–H groups in total. The maximum atomic E-state index is 13.3. The highest BCUT2D eigenvalue weighted by Gasteiger charge is 2.25. The molecule has 0 radical (unpaired) electrons. The van der Waals surface area contributed by atoms with E-state index in [1.54, 1.807) is 13.2 Å². The number of carboxylic acid groups (broad SMARTS) is 2. The van der Waals surface area contributed by atoms with Crippen LogP contribution in [0.4, 0.5) is 4.39 Å². The third kappa shape index (κ3) is 7.81. The number of hydrogen-bond donors (Lipinski definition) is 2. The zero-order chi connectivity index (χ0) is 25.9. The average Bonchev–Trinajstić information content (AvgIpc) is 3.29. The van der Waals surface area contributed by atoms with E-state index in [0.29, 0.717) is 30.3 Å². The first kappa shape index (κ1) is 26.7. The van der Waals surface area contributed by atoms with Crippen molar-refractivity contribution in [3.63, 3.8) is 0 Å². The summed E-state index contributed by atoms with van der Waals surface area (Å²) in [5, 5.41) is 20.8. The summed E-state index contributed by atoms with van der Waals surface area (Å²) in [5.41, 5.74) is 1.50. The van der Waals surface area contributed by atoms with E-state index in [0.717, 1.165) is 61.5 Å². The molecule has 0 aliphatic carbocycles. The third-order valence-corrected chi connectivity index (χ3v) is 5.75. The fourth-order valence-corrected chi connectivity index (χ4v) is 4.01. The van der Waals surface area contributed by atoms with Crippen LogP contribution in [0.25, 0.3) is 11.0 Å². The van der Waals surface area contributed by atoms with Gasteiger partial charge in [-0.1, -0.05) is 17.3 Å². The van der Waals surface area contributed by atoms with Crippen LogP contribution < -0.4 is 9.47 Å². The predicted octanol–water partition coefficient (Wildman–Crippen LogP) is 4.34. The van der Waals surface area contributed by atoms with Crippen molar-refractivity contribution in [2.75, 3.05) is 33.4 Å². The Bertz CT molecular complexity index is 1170. The SMILES string of the molecule is COc1ccccc1OCCCN1CCC(c2noc3cc(F)ccc23)CC1.O=C(O)/C=C/C(=O)O. The van der Waals surface area contributed by atoms with Gasteiger partial charge in [-0.2, -0.15) is 0 Å². The molecule has 0 spiro atoms. The first-order valence-electron chi connectivity index (χ1n) is 11.5. The lowest BCUT2D eigenvalue weighted by Crippen LogP contribution is -2.34. The number of para-hydroxylation sites is 2. The predicted molar refractivity (Wildman–Crippen MR) is 130 cm³/mol. The zero-order valence-corrected chi connectivity index (χ0v) is 19.9. The molecule has 1 aromatic heterocycles. The maximum Gasteiger partial charge on any atom is 0.328 e. The zero-order valence-electron chi connectivity index (χ0n) is 19.9. The molecule has 1 aliphatic rings. The van der Waals surface area contributed by atoms with Gasteiger partial charge in [0.15, 0.2) is 17.1 Å². The van der Waals surface area contributed by atoms with E-state index >= 15 is 0 Å². The summed E-state index contributed by atoms with van der Waals surface area (Å²) in [6.45, 7) is 3.72. The molecule has 9 nitrogen and oxygen atoms in total. The lowest BCUT2D eigenvalue weighted by molar-refractivity contribution is -0.134. The van der Waals surface area contributed by atoms with E-state index in [4.69, 9.17) is 24.2 Å². The molecule has 1 fully saturated rings. The summed E-state index contributed by atoms with van der Waals surface area (Å²) in [5.74, 6) is -0.881. The van der Waals surface area contributed by atoms with Crippen LogP contribution in [0.1, 0.15) is 30.9 Å². The van der Waals surface area contributed by atoms with Crippen molar-refractivity contribution >= 4 is 22.9 Å². The molecule has 2 heterocycles. The van der Waals surface area contributed by atoms with Crippen LogP contribution in [0.2, 0.25) is 0 Å². The van der Waals surface area contributed by atoms with Gasteiger partial charge in [-0.3, -0.25) is 0 Å². The van der Waals surface area contributed by atoms with Crippen molar-refractivity contribution in [1.82, 2.24) is 10.1 Å². The smallest absolute Gasteiger partial charge is 0.328 e. The van der Waals surface area contributed by atoms with Crippen molar-refractivity contribution in [3.05, 3.63) is 66.1 Å². The Balaban J connectivity index is 0.000000392. The number of methoxy groups -OCH3 is 1. The number of piperidine rings is 1. The van der Waals surface area contributed by atoms with Gasteiger partial charge in [0.25, 0.3) is 0 Å². The number of carbonyl (C=O) groups is 2. The number of ether oxygens (including phenoxy) is 2. The number of likely N-dealkylation sites (tertiary alicyclic amines) is 1. The van der Waals surface area contributed by atoms with Crippen molar-refractivity contribution in [1.29, 1.82) is 0 Å². The number of fused-ring (bicyclic) bond motifs is 1. The lowest BCUT2D eigenvalue weighted by atomic mass is 9.91. The second-order valence-corrected chi connectivity index (χ2v) is 8.19. The monoisotopic (exact) mass is 500 g/mol. The Labute approximate surface area is 207 Å². The van der Waals surface area contributed by atoms with Crippen LogP contribution in [0.5, 0.6) is 11.5 Å². The summed E-state index contributed by atoms with van der Waals surface area (Å²) in [4.78, 5) is 21.6. The second kappa shape index (κ2) is 13.2. The Hall–Kier alpha value is -3.92. The summed E-state index contributed by atoms with van der Waals surface area (Å²) < 4.78 is 29.8. The number of nitrogens with zero attached hydrogens (tertiary/aromatic N) is 2.